The van der Waals surface area contributed by atoms with E-state index in [1.807, 2.05) is 12.3 Å². The first kappa shape index (κ1) is 17.2. The average molecular weight is 411 g/mol. The third kappa shape index (κ3) is 3.38. The molecule has 3 aromatic heterocycles. The maximum Gasteiger partial charge on any atom is 0.188 e. The van der Waals surface area contributed by atoms with Gasteiger partial charge in [0.25, 0.3) is 0 Å². The molecule has 0 aliphatic rings. The lowest BCUT2D eigenvalue weighted by molar-refractivity contribution is 0.586. The van der Waals surface area contributed by atoms with Crippen molar-refractivity contribution in [2.24, 2.45) is 0 Å². The van der Waals surface area contributed by atoms with Gasteiger partial charge in [0.2, 0.25) is 0 Å². The Hall–Kier alpha value is -2.22. The summed E-state index contributed by atoms with van der Waals surface area (Å²) in [7, 11) is 0. The van der Waals surface area contributed by atoms with Gasteiger partial charge in [0, 0.05) is 30.3 Å². The molecule has 26 heavy (non-hydrogen) atoms. The van der Waals surface area contributed by atoms with E-state index in [2.05, 4.69) is 20.3 Å². The zero-order chi connectivity index (χ0) is 18.3. The molecule has 4 aromatic rings. The zero-order valence-corrected chi connectivity index (χ0v) is 15.3. The zero-order valence-electron chi connectivity index (χ0n) is 13.0. The molecular formula is C17H10Cl2F2N4S. The summed E-state index contributed by atoms with van der Waals surface area (Å²) in [5.74, 6) is -1.34. The Bertz CT molecular complexity index is 1110. The molecule has 2 N–H and O–H groups in total. The first-order valence-electron chi connectivity index (χ1n) is 7.48. The Kier molecular flexibility index (Phi) is 4.52. The molecule has 0 aliphatic carbocycles. The summed E-state index contributed by atoms with van der Waals surface area (Å²) in [6.07, 6.45) is 3.94. The van der Waals surface area contributed by atoms with Crippen molar-refractivity contribution in [2.75, 3.05) is 5.32 Å². The molecule has 0 aliphatic heterocycles. The van der Waals surface area contributed by atoms with Gasteiger partial charge in [-0.2, -0.15) is 0 Å². The normalized spacial score (nSPS) is 11.2. The molecule has 3 heterocycles. The number of nitrogens with one attached hydrogen (secondary N) is 2. The number of benzene rings is 1. The maximum atomic E-state index is 13.8. The van der Waals surface area contributed by atoms with Crippen LogP contribution in [-0.4, -0.2) is 15.0 Å². The summed E-state index contributed by atoms with van der Waals surface area (Å²) in [5.41, 5.74) is 1.84. The van der Waals surface area contributed by atoms with E-state index < -0.39 is 11.6 Å². The van der Waals surface area contributed by atoms with Crippen LogP contribution in [-0.2, 0) is 6.42 Å². The molecule has 0 amide bonds. The van der Waals surface area contributed by atoms with E-state index in [9.17, 15) is 8.78 Å². The third-order valence-electron chi connectivity index (χ3n) is 3.76. The van der Waals surface area contributed by atoms with E-state index in [0.29, 0.717) is 21.7 Å². The van der Waals surface area contributed by atoms with Crippen molar-refractivity contribution >= 4 is 56.4 Å². The Balaban J connectivity index is 1.61. The van der Waals surface area contributed by atoms with E-state index in [0.717, 1.165) is 27.5 Å². The summed E-state index contributed by atoms with van der Waals surface area (Å²) in [5, 5.41) is 5.02. The number of halogens is 4. The summed E-state index contributed by atoms with van der Waals surface area (Å²) >= 11 is 13.5. The molecule has 0 bridgehead atoms. The van der Waals surface area contributed by atoms with Crippen molar-refractivity contribution in [1.29, 1.82) is 0 Å². The molecule has 0 saturated heterocycles. The van der Waals surface area contributed by atoms with Gasteiger partial charge in [0.05, 0.1) is 15.6 Å². The van der Waals surface area contributed by atoms with E-state index in [1.54, 1.807) is 6.20 Å². The Morgan fingerprint density at radius 3 is 2.85 bits per heavy atom. The van der Waals surface area contributed by atoms with Gasteiger partial charge in [0.15, 0.2) is 5.13 Å². The standard InChI is InChI=1S/C17H10Cl2F2N4S/c18-9-4-11-8(6-22-16(11)23-7-9)3-14-15(19)25-17(26-14)24-13-2-1-10(20)5-12(13)21/h1-2,4-7H,3H2,(H,22,23)(H,24,25). The predicted octanol–water partition coefficient (Wildman–Crippen LogP) is 5.94. The van der Waals surface area contributed by atoms with Gasteiger partial charge in [-0.15, -0.1) is 0 Å². The van der Waals surface area contributed by atoms with Gasteiger partial charge in [0.1, 0.15) is 22.4 Å². The minimum Gasteiger partial charge on any atom is -0.346 e. The number of hydrogen-bond donors (Lipinski definition) is 2. The fraction of sp³-hybridized carbons (Fsp3) is 0.0588. The van der Waals surface area contributed by atoms with Crippen LogP contribution in [0.5, 0.6) is 0 Å². The molecular weight excluding hydrogens is 401 g/mol. The van der Waals surface area contributed by atoms with Crippen molar-refractivity contribution in [3.8, 4) is 0 Å². The highest BCUT2D eigenvalue weighted by Gasteiger charge is 2.14. The number of aromatic nitrogens is 3. The molecule has 0 spiro atoms. The molecule has 9 heteroatoms. The van der Waals surface area contributed by atoms with Crippen LogP contribution in [0.4, 0.5) is 19.6 Å². The van der Waals surface area contributed by atoms with Crippen molar-refractivity contribution in [3.63, 3.8) is 0 Å². The van der Waals surface area contributed by atoms with Crippen LogP contribution in [0.3, 0.4) is 0 Å². The number of nitrogens with zero attached hydrogens (tertiary/aromatic N) is 2. The highest BCUT2D eigenvalue weighted by atomic mass is 35.5. The number of hydrogen-bond acceptors (Lipinski definition) is 4. The van der Waals surface area contributed by atoms with Crippen LogP contribution in [0, 0.1) is 11.6 Å². The first-order chi connectivity index (χ1) is 12.5. The molecule has 0 fully saturated rings. The second-order valence-corrected chi connectivity index (χ2v) is 7.40. The molecule has 4 nitrogen and oxygen atoms in total. The van der Waals surface area contributed by atoms with Crippen LogP contribution in [0.15, 0.2) is 36.7 Å². The molecule has 1 aromatic carbocycles. The average Bonchev–Trinajstić information content (AvgIpc) is 3.14. The molecule has 0 atom stereocenters. The van der Waals surface area contributed by atoms with Crippen LogP contribution >= 0.6 is 34.5 Å². The largest absolute Gasteiger partial charge is 0.346 e. The van der Waals surface area contributed by atoms with E-state index >= 15 is 0 Å². The fourth-order valence-corrected chi connectivity index (χ4v) is 3.92. The summed E-state index contributed by atoms with van der Waals surface area (Å²) in [6, 6.07) is 5.12. The topological polar surface area (TPSA) is 53.6 Å². The third-order valence-corrected chi connectivity index (χ3v) is 5.36. The monoisotopic (exact) mass is 410 g/mol. The van der Waals surface area contributed by atoms with Gasteiger partial charge in [-0.05, 0) is 23.8 Å². The number of aromatic amines is 1. The number of pyridine rings is 1. The quantitative estimate of drug-likeness (QED) is 0.437. The van der Waals surface area contributed by atoms with Crippen molar-refractivity contribution in [1.82, 2.24) is 15.0 Å². The number of H-pyrrole nitrogens is 1. The summed E-state index contributed by atoms with van der Waals surface area (Å²) < 4.78 is 26.8. The summed E-state index contributed by atoms with van der Waals surface area (Å²) in [4.78, 5) is 12.3. The highest BCUT2D eigenvalue weighted by Crippen LogP contribution is 2.33. The SMILES string of the molecule is Fc1ccc(Nc2nc(Cl)c(Cc3c[nH]c4ncc(Cl)cc34)s2)c(F)c1. The molecule has 0 saturated carbocycles. The number of fused-ring (bicyclic) bond motifs is 1. The van der Waals surface area contributed by atoms with Gasteiger partial charge < -0.3 is 10.3 Å². The first-order valence-corrected chi connectivity index (χ1v) is 9.05. The van der Waals surface area contributed by atoms with E-state index in [1.165, 1.54) is 23.5 Å². The van der Waals surface area contributed by atoms with Crippen molar-refractivity contribution < 1.29 is 8.78 Å². The molecule has 0 radical (unpaired) electrons. The Morgan fingerprint density at radius 1 is 1.19 bits per heavy atom. The van der Waals surface area contributed by atoms with Gasteiger partial charge in [-0.3, -0.25) is 0 Å². The minimum atomic E-state index is -0.699. The predicted molar refractivity (Wildman–Crippen MR) is 101 cm³/mol. The number of thiazole rings is 1. The van der Waals surface area contributed by atoms with Crippen molar-refractivity contribution in [2.45, 2.75) is 6.42 Å². The maximum absolute atomic E-state index is 13.8. The number of anilines is 2. The lowest BCUT2D eigenvalue weighted by Crippen LogP contribution is -1.93. The number of rotatable bonds is 4. The van der Waals surface area contributed by atoms with Crippen LogP contribution in [0.1, 0.15) is 10.4 Å². The van der Waals surface area contributed by atoms with Gasteiger partial charge in [-0.1, -0.05) is 34.5 Å². The van der Waals surface area contributed by atoms with E-state index in [-0.39, 0.29) is 5.69 Å². The van der Waals surface area contributed by atoms with Gasteiger partial charge >= 0.3 is 0 Å². The van der Waals surface area contributed by atoms with E-state index in [4.69, 9.17) is 23.2 Å². The molecule has 4 rings (SSSR count). The lowest BCUT2D eigenvalue weighted by Gasteiger charge is -2.03. The van der Waals surface area contributed by atoms with Gasteiger partial charge in [-0.25, -0.2) is 18.7 Å². The highest BCUT2D eigenvalue weighted by molar-refractivity contribution is 7.16. The second-order valence-electron chi connectivity index (χ2n) is 5.52. The molecule has 0 unspecified atom stereocenters. The Morgan fingerprint density at radius 2 is 2.04 bits per heavy atom. The molecule has 132 valence electrons. The van der Waals surface area contributed by atoms with Crippen LogP contribution in [0.25, 0.3) is 11.0 Å². The lowest BCUT2D eigenvalue weighted by atomic mass is 10.1. The van der Waals surface area contributed by atoms with Crippen LogP contribution in [0.2, 0.25) is 10.2 Å². The van der Waals surface area contributed by atoms with Crippen molar-refractivity contribution in [3.05, 3.63) is 68.9 Å². The van der Waals surface area contributed by atoms with Crippen LogP contribution < -0.4 is 5.32 Å². The second kappa shape index (κ2) is 6.83. The minimum absolute atomic E-state index is 0.131. The Labute approximate surface area is 160 Å². The smallest absolute Gasteiger partial charge is 0.188 e. The fourth-order valence-electron chi connectivity index (χ4n) is 2.55. The summed E-state index contributed by atoms with van der Waals surface area (Å²) in [6.45, 7) is 0.